The van der Waals surface area contributed by atoms with Gasteiger partial charge in [0.1, 0.15) is 0 Å². The molecule has 0 radical (unpaired) electrons. The zero-order chi connectivity index (χ0) is 13.1. The van der Waals surface area contributed by atoms with Crippen LogP contribution in [0.2, 0.25) is 0 Å². The molecule has 1 aromatic heterocycles. The minimum Gasteiger partial charge on any atom is -0.379 e. The molecule has 1 saturated heterocycles. The van der Waals surface area contributed by atoms with E-state index in [0.717, 1.165) is 32.6 Å². The summed E-state index contributed by atoms with van der Waals surface area (Å²) in [5.74, 6) is 0. The largest absolute Gasteiger partial charge is 0.379 e. The topological polar surface area (TPSA) is 39.1 Å². The molecule has 1 aromatic rings. The highest BCUT2D eigenvalue weighted by Crippen LogP contribution is 2.27. The van der Waals surface area contributed by atoms with E-state index in [0.29, 0.717) is 12.1 Å². The second-order valence-corrected chi connectivity index (χ2v) is 5.74. The maximum absolute atomic E-state index is 5.72. The highest BCUT2D eigenvalue weighted by molar-refractivity contribution is 5.18. The Morgan fingerprint density at radius 2 is 2.32 bits per heavy atom. The summed E-state index contributed by atoms with van der Waals surface area (Å²) in [7, 11) is 0. The first-order chi connectivity index (χ1) is 9.40. The van der Waals surface area contributed by atoms with Gasteiger partial charge >= 0.3 is 0 Å². The summed E-state index contributed by atoms with van der Waals surface area (Å²) >= 11 is 0. The average molecular weight is 263 g/mol. The van der Waals surface area contributed by atoms with Crippen LogP contribution in [-0.2, 0) is 17.6 Å². The van der Waals surface area contributed by atoms with Gasteiger partial charge < -0.3 is 14.6 Å². The van der Waals surface area contributed by atoms with Gasteiger partial charge in [-0.1, -0.05) is 6.92 Å². The van der Waals surface area contributed by atoms with E-state index in [1.165, 1.54) is 37.1 Å². The van der Waals surface area contributed by atoms with Crippen LogP contribution in [0.3, 0.4) is 0 Å². The number of hydrogen-bond donors (Lipinski definition) is 1. The first-order valence-electron chi connectivity index (χ1n) is 7.76. The third-order valence-electron chi connectivity index (χ3n) is 4.40. The monoisotopic (exact) mass is 263 g/mol. The fourth-order valence-corrected chi connectivity index (χ4v) is 3.34. The number of imidazole rings is 1. The third kappa shape index (κ3) is 2.70. The fourth-order valence-electron chi connectivity index (χ4n) is 3.34. The smallest absolute Gasteiger partial charge is 0.0955 e. The molecule has 4 nitrogen and oxygen atoms in total. The Kier molecular flexibility index (Phi) is 4.18. The lowest BCUT2D eigenvalue weighted by molar-refractivity contribution is 0.0360. The Balaban J connectivity index is 1.80. The summed E-state index contributed by atoms with van der Waals surface area (Å²) in [6, 6.07) is 0.962. The highest BCUT2D eigenvalue weighted by atomic mass is 16.5. The van der Waals surface area contributed by atoms with Crippen LogP contribution in [0.1, 0.15) is 50.0 Å². The number of fused-ring (bicyclic) bond motifs is 1. The summed E-state index contributed by atoms with van der Waals surface area (Å²) in [5.41, 5.74) is 2.79. The molecule has 0 bridgehead atoms. The zero-order valence-corrected chi connectivity index (χ0v) is 11.9. The molecule has 0 aromatic carbocycles. The van der Waals surface area contributed by atoms with Crippen molar-refractivity contribution in [1.29, 1.82) is 0 Å². The molecular formula is C15H25N3O. The number of nitrogens with zero attached hydrogens (tertiary/aromatic N) is 2. The van der Waals surface area contributed by atoms with Gasteiger partial charge in [-0.3, -0.25) is 0 Å². The van der Waals surface area contributed by atoms with E-state index in [-0.39, 0.29) is 0 Å². The molecule has 0 spiro atoms. The number of nitrogens with one attached hydrogen (secondary N) is 1. The Labute approximate surface area is 115 Å². The molecule has 2 atom stereocenters. The number of aromatic nitrogens is 2. The minimum atomic E-state index is 0.426. The Bertz CT molecular complexity index is 416. The molecule has 2 unspecified atom stereocenters. The summed E-state index contributed by atoms with van der Waals surface area (Å²) < 4.78 is 8.12. The van der Waals surface area contributed by atoms with Crippen LogP contribution in [0, 0.1) is 0 Å². The lowest BCUT2D eigenvalue weighted by atomic mass is 9.98. The standard InChI is InChI=1S/C15H25N3O/c1-2-8-16-13-7-9-19-10-15(13)18-11-17-12-5-3-4-6-14(12)18/h11,13,15-16H,2-10H2,1H3. The molecule has 2 aliphatic rings. The highest BCUT2D eigenvalue weighted by Gasteiger charge is 2.29. The van der Waals surface area contributed by atoms with Crippen molar-refractivity contribution in [2.75, 3.05) is 19.8 Å². The Morgan fingerprint density at radius 1 is 1.42 bits per heavy atom. The van der Waals surface area contributed by atoms with Crippen molar-refractivity contribution in [3.05, 3.63) is 17.7 Å². The van der Waals surface area contributed by atoms with Gasteiger partial charge in [-0.05, 0) is 45.1 Å². The molecule has 106 valence electrons. The van der Waals surface area contributed by atoms with E-state index in [2.05, 4.69) is 28.1 Å². The molecule has 2 heterocycles. The van der Waals surface area contributed by atoms with Gasteiger partial charge in [0.15, 0.2) is 0 Å². The van der Waals surface area contributed by atoms with Crippen LogP contribution in [0.25, 0.3) is 0 Å². The molecule has 0 amide bonds. The molecule has 3 rings (SSSR count). The van der Waals surface area contributed by atoms with Crippen molar-refractivity contribution in [2.24, 2.45) is 0 Å². The summed E-state index contributed by atoms with van der Waals surface area (Å²) in [6.07, 6.45) is 9.29. The number of rotatable bonds is 4. The number of aryl methyl sites for hydroxylation is 1. The van der Waals surface area contributed by atoms with E-state index in [1.54, 1.807) is 0 Å². The SMILES string of the molecule is CCCNC1CCOCC1n1cnc2c1CCCC2. The van der Waals surface area contributed by atoms with Crippen molar-refractivity contribution >= 4 is 0 Å². The van der Waals surface area contributed by atoms with E-state index >= 15 is 0 Å². The lowest BCUT2D eigenvalue weighted by Crippen LogP contribution is -2.44. The zero-order valence-electron chi connectivity index (χ0n) is 11.9. The molecule has 1 N–H and O–H groups in total. The van der Waals surface area contributed by atoms with E-state index < -0.39 is 0 Å². The first kappa shape index (κ1) is 13.1. The van der Waals surface area contributed by atoms with Crippen LogP contribution in [0.5, 0.6) is 0 Å². The van der Waals surface area contributed by atoms with Gasteiger partial charge in [-0.15, -0.1) is 0 Å². The maximum atomic E-state index is 5.72. The Hall–Kier alpha value is -0.870. The predicted octanol–water partition coefficient (Wildman–Crippen LogP) is 2.09. The molecular weight excluding hydrogens is 238 g/mol. The van der Waals surface area contributed by atoms with Gasteiger partial charge in [-0.2, -0.15) is 0 Å². The van der Waals surface area contributed by atoms with Gasteiger partial charge in [0.2, 0.25) is 0 Å². The van der Waals surface area contributed by atoms with Crippen LogP contribution in [-0.4, -0.2) is 35.4 Å². The van der Waals surface area contributed by atoms with Gasteiger partial charge in [0.05, 0.1) is 24.7 Å². The van der Waals surface area contributed by atoms with E-state index in [9.17, 15) is 0 Å². The van der Waals surface area contributed by atoms with Crippen LogP contribution < -0.4 is 5.32 Å². The normalized spacial score (nSPS) is 27.2. The molecule has 1 fully saturated rings. The van der Waals surface area contributed by atoms with Crippen molar-refractivity contribution < 1.29 is 4.74 Å². The first-order valence-corrected chi connectivity index (χ1v) is 7.76. The molecule has 1 aliphatic carbocycles. The predicted molar refractivity (Wildman–Crippen MR) is 75.4 cm³/mol. The van der Waals surface area contributed by atoms with Crippen LogP contribution >= 0.6 is 0 Å². The lowest BCUT2D eigenvalue weighted by Gasteiger charge is -2.34. The van der Waals surface area contributed by atoms with Gasteiger partial charge in [0, 0.05) is 18.3 Å². The summed E-state index contributed by atoms with van der Waals surface area (Å²) in [4.78, 5) is 4.63. The quantitative estimate of drug-likeness (QED) is 0.904. The minimum absolute atomic E-state index is 0.426. The van der Waals surface area contributed by atoms with E-state index in [1.807, 2.05) is 0 Å². The molecule has 19 heavy (non-hydrogen) atoms. The second-order valence-electron chi connectivity index (χ2n) is 5.74. The number of ether oxygens (including phenoxy) is 1. The van der Waals surface area contributed by atoms with Crippen molar-refractivity contribution in [2.45, 2.75) is 57.5 Å². The third-order valence-corrected chi connectivity index (χ3v) is 4.40. The van der Waals surface area contributed by atoms with Gasteiger partial charge in [-0.25, -0.2) is 4.98 Å². The average Bonchev–Trinajstić information content (AvgIpc) is 2.89. The summed E-state index contributed by atoms with van der Waals surface area (Å²) in [5, 5.41) is 3.69. The van der Waals surface area contributed by atoms with Crippen LogP contribution in [0.15, 0.2) is 6.33 Å². The number of hydrogen-bond acceptors (Lipinski definition) is 3. The fraction of sp³-hybridized carbons (Fsp3) is 0.800. The summed E-state index contributed by atoms with van der Waals surface area (Å²) in [6.45, 7) is 5.03. The second kappa shape index (κ2) is 6.06. The van der Waals surface area contributed by atoms with Gasteiger partial charge in [0.25, 0.3) is 0 Å². The van der Waals surface area contributed by atoms with Crippen molar-refractivity contribution in [3.8, 4) is 0 Å². The van der Waals surface area contributed by atoms with Crippen molar-refractivity contribution in [1.82, 2.24) is 14.9 Å². The van der Waals surface area contributed by atoms with Crippen molar-refractivity contribution in [3.63, 3.8) is 0 Å². The molecule has 1 aliphatic heterocycles. The Morgan fingerprint density at radius 3 is 3.21 bits per heavy atom. The molecule has 0 saturated carbocycles. The maximum Gasteiger partial charge on any atom is 0.0955 e. The van der Waals surface area contributed by atoms with Crippen LogP contribution in [0.4, 0.5) is 0 Å². The van der Waals surface area contributed by atoms with E-state index in [4.69, 9.17) is 4.74 Å². The molecule has 4 heteroatoms.